The van der Waals surface area contributed by atoms with Gasteiger partial charge in [0.25, 0.3) is 0 Å². The normalized spacial score (nSPS) is 16.5. The van der Waals surface area contributed by atoms with Gasteiger partial charge in [-0.15, -0.1) is 0 Å². The van der Waals surface area contributed by atoms with Crippen LogP contribution in [0.15, 0.2) is 48.5 Å². The van der Waals surface area contributed by atoms with E-state index in [0.717, 1.165) is 41.5 Å². The lowest BCUT2D eigenvalue weighted by Crippen LogP contribution is -2.49. The average Bonchev–Trinajstić information content (AvgIpc) is 3.09. The lowest BCUT2D eigenvalue weighted by atomic mass is 9.78. The summed E-state index contributed by atoms with van der Waals surface area (Å²) in [6.45, 7) is 4.17. The molecule has 0 radical (unpaired) electrons. The number of carbonyl (C=O) groups is 3. The topological polar surface area (TPSA) is 105 Å². The predicted octanol–water partition coefficient (Wildman–Crippen LogP) is 4.56. The Balaban J connectivity index is 1.33. The first kappa shape index (κ1) is 24.8. The highest BCUT2D eigenvalue weighted by atomic mass is 16.5. The fourth-order valence-electron chi connectivity index (χ4n) is 5.13. The van der Waals surface area contributed by atoms with Gasteiger partial charge >= 0.3 is 12.1 Å². The summed E-state index contributed by atoms with van der Waals surface area (Å²) in [4.78, 5) is 36.8. The molecule has 1 fully saturated rings. The third-order valence-corrected chi connectivity index (χ3v) is 7.39. The van der Waals surface area contributed by atoms with Crippen molar-refractivity contribution in [1.29, 1.82) is 0 Å². The van der Waals surface area contributed by atoms with Crippen LogP contribution in [0.5, 0.6) is 0 Å². The summed E-state index contributed by atoms with van der Waals surface area (Å²) in [5, 5.41) is 14.9. The van der Waals surface area contributed by atoms with Gasteiger partial charge in [-0.2, -0.15) is 0 Å². The lowest BCUT2D eigenvalue weighted by Gasteiger charge is -2.34. The number of amides is 2. The van der Waals surface area contributed by atoms with E-state index in [1.807, 2.05) is 38.1 Å². The van der Waals surface area contributed by atoms with Gasteiger partial charge in [-0.25, -0.2) is 4.79 Å². The third-order valence-electron chi connectivity index (χ3n) is 7.39. The van der Waals surface area contributed by atoms with Gasteiger partial charge in [-0.05, 0) is 46.9 Å². The van der Waals surface area contributed by atoms with Crippen molar-refractivity contribution >= 4 is 18.0 Å². The van der Waals surface area contributed by atoms with Crippen molar-refractivity contribution in [2.45, 2.75) is 51.5 Å². The Labute approximate surface area is 206 Å². The molecule has 186 valence electrons. The Morgan fingerprint density at radius 2 is 1.60 bits per heavy atom. The molecule has 7 heteroatoms. The van der Waals surface area contributed by atoms with E-state index in [1.54, 1.807) is 0 Å². The zero-order valence-corrected chi connectivity index (χ0v) is 20.3. The van der Waals surface area contributed by atoms with Crippen molar-refractivity contribution < 1.29 is 24.2 Å². The fourth-order valence-corrected chi connectivity index (χ4v) is 5.13. The van der Waals surface area contributed by atoms with Crippen LogP contribution in [0.2, 0.25) is 0 Å². The number of nitrogens with one attached hydrogen (secondary N) is 2. The van der Waals surface area contributed by atoms with Gasteiger partial charge in [-0.3, -0.25) is 9.59 Å². The molecule has 0 spiro atoms. The molecule has 7 nitrogen and oxygen atoms in total. The van der Waals surface area contributed by atoms with E-state index in [2.05, 4.69) is 34.9 Å². The largest absolute Gasteiger partial charge is 0.481 e. The summed E-state index contributed by atoms with van der Waals surface area (Å²) >= 11 is 0. The highest BCUT2D eigenvalue weighted by Crippen LogP contribution is 2.44. The highest BCUT2D eigenvalue weighted by molar-refractivity contribution is 5.81. The quantitative estimate of drug-likeness (QED) is 0.464. The number of carbonyl (C=O) groups excluding carboxylic acids is 2. The summed E-state index contributed by atoms with van der Waals surface area (Å²) in [6, 6.07) is 15.9. The Hall–Kier alpha value is -3.35. The maximum atomic E-state index is 13.0. The Kier molecular flexibility index (Phi) is 7.73. The van der Waals surface area contributed by atoms with Crippen molar-refractivity contribution in [3.8, 4) is 11.1 Å². The van der Waals surface area contributed by atoms with Crippen molar-refractivity contribution in [2.75, 3.05) is 13.2 Å². The number of aliphatic carboxylic acids is 1. The number of benzene rings is 2. The van der Waals surface area contributed by atoms with Gasteiger partial charge in [0, 0.05) is 18.5 Å². The molecule has 0 heterocycles. The Morgan fingerprint density at radius 3 is 2.11 bits per heavy atom. The van der Waals surface area contributed by atoms with E-state index in [9.17, 15) is 19.5 Å². The second kappa shape index (κ2) is 10.9. The minimum atomic E-state index is -0.917. The van der Waals surface area contributed by atoms with Crippen molar-refractivity contribution in [3.05, 3.63) is 59.7 Å². The van der Waals surface area contributed by atoms with Crippen molar-refractivity contribution in [1.82, 2.24) is 10.6 Å². The van der Waals surface area contributed by atoms with Crippen molar-refractivity contribution in [2.24, 2.45) is 17.8 Å². The fraction of sp³-hybridized carbons (Fsp3) is 0.464. The zero-order chi connectivity index (χ0) is 24.9. The van der Waals surface area contributed by atoms with Crippen LogP contribution in [0.4, 0.5) is 4.79 Å². The third kappa shape index (κ3) is 5.66. The van der Waals surface area contributed by atoms with E-state index in [1.165, 1.54) is 0 Å². The zero-order valence-electron chi connectivity index (χ0n) is 20.3. The molecule has 0 aromatic heterocycles. The van der Waals surface area contributed by atoms with E-state index >= 15 is 0 Å². The van der Waals surface area contributed by atoms with Crippen LogP contribution < -0.4 is 10.6 Å². The Bertz CT molecular complexity index is 1030. The number of ether oxygens (including phenoxy) is 1. The second-order valence-corrected chi connectivity index (χ2v) is 9.96. The van der Waals surface area contributed by atoms with Gasteiger partial charge < -0.3 is 20.5 Å². The molecule has 1 saturated carbocycles. The number of fused-ring (bicyclic) bond motifs is 3. The molecule has 2 atom stereocenters. The summed E-state index contributed by atoms with van der Waals surface area (Å²) in [6.07, 6.45) is 2.28. The average molecular weight is 479 g/mol. The number of hydrogen-bond donors (Lipinski definition) is 3. The van der Waals surface area contributed by atoms with Gasteiger partial charge in [0.2, 0.25) is 5.91 Å². The molecule has 2 aromatic rings. The maximum absolute atomic E-state index is 13.0. The number of hydrogen-bond acceptors (Lipinski definition) is 4. The number of rotatable bonds is 10. The van der Waals surface area contributed by atoms with E-state index in [-0.39, 0.29) is 49.3 Å². The number of alkyl carbamates (subject to hydrolysis) is 1. The molecule has 2 aliphatic rings. The second-order valence-electron chi connectivity index (χ2n) is 9.96. The van der Waals surface area contributed by atoms with Crippen LogP contribution in [0.1, 0.15) is 56.6 Å². The first-order valence-corrected chi connectivity index (χ1v) is 12.5. The molecule has 2 amide bonds. The summed E-state index contributed by atoms with van der Waals surface area (Å²) in [5.41, 5.74) is 4.61. The van der Waals surface area contributed by atoms with Crippen LogP contribution in [0.25, 0.3) is 11.1 Å². The predicted molar refractivity (Wildman–Crippen MR) is 133 cm³/mol. The van der Waals surface area contributed by atoms with Crippen LogP contribution in [0.3, 0.4) is 0 Å². The first-order valence-electron chi connectivity index (χ1n) is 12.5. The monoisotopic (exact) mass is 478 g/mol. The van der Waals surface area contributed by atoms with E-state index in [4.69, 9.17) is 4.74 Å². The van der Waals surface area contributed by atoms with Crippen LogP contribution >= 0.6 is 0 Å². The van der Waals surface area contributed by atoms with Crippen LogP contribution in [-0.2, 0) is 14.3 Å². The number of carboxylic acid groups (broad SMARTS) is 1. The summed E-state index contributed by atoms with van der Waals surface area (Å²) < 4.78 is 5.59. The molecule has 0 saturated heterocycles. The SMILES string of the molecule is CC(C)C(CNC(=O)OCC1c2ccccc2-c2ccccc21)C(=O)NC(CC(=O)O)C1CCC1. The molecule has 2 aliphatic carbocycles. The minimum absolute atomic E-state index is 0.0309. The molecule has 0 bridgehead atoms. The summed E-state index contributed by atoms with van der Waals surface area (Å²) in [7, 11) is 0. The molecular formula is C28H34N2O5. The molecule has 2 unspecified atom stereocenters. The van der Waals surface area contributed by atoms with Gasteiger partial charge in [-0.1, -0.05) is 68.8 Å². The molecule has 0 aliphatic heterocycles. The lowest BCUT2D eigenvalue weighted by molar-refractivity contribution is -0.138. The van der Waals surface area contributed by atoms with E-state index in [0.29, 0.717) is 0 Å². The molecule has 35 heavy (non-hydrogen) atoms. The van der Waals surface area contributed by atoms with Gasteiger partial charge in [0.05, 0.1) is 12.3 Å². The molecular weight excluding hydrogens is 444 g/mol. The summed E-state index contributed by atoms with van der Waals surface area (Å²) in [5.74, 6) is -1.48. The number of carboxylic acids is 1. The van der Waals surface area contributed by atoms with Crippen LogP contribution in [-0.4, -0.2) is 42.3 Å². The van der Waals surface area contributed by atoms with Crippen LogP contribution in [0, 0.1) is 17.8 Å². The molecule has 3 N–H and O–H groups in total. The van der Waals surface area contributed by atoms with Crippen molar-refractivity contribution in [3.63, 3.8) is 0 Å². The first-order chi connectivity index (χ1) is 16.8. The molecule has 2 aromatic carbocycles. The smallest absolute Gasteiger partial charge is 0.407 e. The minimum Gasteiger partial charge on any atom is -0.481 e. The van der Waals surface area contributed by atoms with E-state index < -0.39 is 18.0 Å². The van der Waals surface area contributed by atoms with Gasteiger partial charge in [0.15, 0.2) is 0 Å². The maximum Gasteiger partial charge on any atom is 0.407 e. The van der Waals surface area contributed by atoms with Gasteiger partial charge in [0.1, 0.15) is 6.61 Å². The molecule has 4 rings (SSSR count). The standard InChI is InChI=1S/C28H34N2O5/c1-17(2)23(27(33)30-25(14-26(31)32)18-8-7-9-18)15-29-28(34)35-16-24-21-12-5-3-10-19(21)20-11-4-6-13-22(20)24/h3-6,10-13,17-18,23-25H,7-9,14-16H2,1-2H3,(H,29,34)(H,30,33)(H,31,32). The Morgan fingerprint density at radius 1 is 1.00 bits per heavy atom. The highest BCUT2D eigenvalue weighted by Gasteiger charge is 2.33.